The van der Waals surface area contributed by atoms with Crippen molar-refractivity contribution in [1.29, 1.82) is 0 Å². The second-order valence-electron chi connectivity index (χ2n) is 7.44. The van der Waals surface area contributed by atoms with Crippen LogP contribution in [0.4, 0.5) is 13.2 Å². The number of nitrogens with one attached hydrogen (secondary N) is 1. The van der Waals surface area contributed by atoms with E-state index in [-0.39, 0.29) is 30.5 Å². The predicted octanol–water partition coefficient (Wildman–Crippen LogP) is 3.57. The Bertz CT molecular complexity index is 910. The van der Waals surface area contributed by atoms with Crippen molar-refractivity contribution >= 4 is 11.7 Å². The van der Waals surface area contributed by atoms with Crippen LogP contribution in [0, 0.1) is 12.8 Å². The van der Waals surface area contributed by atoms with Crippen molar-refractivity contribution in [2.75, 3.05) is 6.61 Å². The number of pyridine rings is 2. The quantitative estimate of drug-likeness (QED) is 0.670. The summed E-state index contributed by atoms with van der Waals surface area (Å²) >= 11 is 0. The van der Waals surface area contributed by atoms with Gasteiger partial charge in [-0.3, -0.25) is 14.6 Å². The van der Waals surface area contributed by atoms with Crippen molar-refractivity contribution in [3.63, 3.8) is 0 Å². The Kier molecular flexibility index (Phi) is 6.69. The molecule has 30 heavy (non-hydrogen) atoms. The van der Waals surface area contributed by atoms with E-state index >= 15 is 0 Å². The lowest BCUT2D eigenvalue weighted by molar-refractivity contribution is -0.154. The molecule has 2 aromatic heterocycles. The largest absolute Gasteiger partial charge is 0.468 e. The maximum absolute atomic E-state index is 12.5. The fourth-order valence-corrected chi connectivity index (χ4v) is 2.92. The van der Waals surface area contributed by atoms with Gasteiger partial charge in [-0.15, -0.1) is 0 Å². The molecule has 0 atom stereocenters. The number of carbonyl (C=O) groups is 2. The molecule has 0 saturated heterocycles. The first kappa shape index (κ1) is 21.7. The molecule has 6 nitrogen and oxygen atoms in total. The molecule has 2 aromatic rings. The van der Waals surface area contributed by atoms with Gasteiger partial charge in [-0.25, -0.2) is 4.98 Å². The molecule has 0 radical (unpaired) electrons. The Morgan fingerprint density at radius 3 is 2.63 bits per heavy atom. The lowest BCUT2D eigenvalue weighted by atomic mass is 10.1. The molecular formula is C21H22F3N3O3. The topological polar surface area (TPSA) is 81.2 Å². The fourth-order valence-electron chi connectivity index (χ4n) is 2.92. The number of amides is 1. The summed E-state index contributed by atoms with van der Waals surface area (Å²) in [4.78, 5) is 32.7. The average molecular weight is 421 g/mol. The van der Waals surface area contributed by atoms with Crippen molar-refractivity contribution in [3.05, 3.63) is 53.0 Å². The van der Waals surface area contributed by atoms with E-state index in [1.165, 1.54) is 18.3 Å². The summed E-state index contributed by atoms with van der Waals surface area (Å²) in [5.41, 5.74) is 2.21. The number of hydrogen-bond acceptors (Lipinski definition) is 5. The number of aromatic nitrogens is 2. The second-order valence-corrected chi connectivity index (χ2v) is 7.44. The van der Waals surface area contributed by atoms with Gasteiger partial charge in [0.2, 0.25) is 5.88 Å². The Morgan fingerprint density at radius 2 is 2.00 bits per heavy atom. The minimum Gasteiger partial charge on any atom is -0.468 e. The summed E-state index contributed by atoms with van der Waals surface area (Å²) in [5, 5.41) is 2.73. The van der Waals surface area contributed by atoms with Gasteiger partial charge in [-0.2, -0.15) is 13.2 Å². The SMILES string of the molecule is Cc1cc(C(=O)NCc2ccc(OCC(F)(F)F)nc2)cc(CC(=O)CC2CC2)n1. The molecule has 1 amide bonds. The highest BCUT2D eigenvalue weighted by atomic mass is 19.4. The number of carbonyl (C=O) groups excluding carboxylic acids is 2. The molecule has 160 valence electrons. The van der Waals surface area contributed by atoms with Crippen LogP contribution in [0.1, 0.15) is 46.6 Å². The Hall–Kier alpha value is -2.97. The summed E-state index contributed by atoms with van der Waals surface area (Å²) < 4.78 is 41.0. The van der Waals surface area contributed by atoms with E-state index < -0.39 is 12.8 Å². The zero-order valence-corrected chi connectivity index (χ0v) is 16.5. The Labute approximate surface area is 171 Å². The van der Waals surface area contributed by atoms with Crippen LogP contribution in [0.3, 0.4) is 0 Å². The van der Waals surface area contributed by atoms with Crippen LogP contribution < -0.4 is 10.1 Å². The number of ether oxygens (including phenoxy) is 1. The van der Waals surface area contributed by atoms with E-state index in [1.54, 1.807) is 19.1 Å². The number of aryl methyl sites for hydroxylation is 1. The Balaban J connectivity index is 1.54. The maximum atomic E-state index is 12.5. The van der Waals surface area contributed by atoms with E-state index in [2.05, 4.69) is 20.0 Å². The summed E-state index contributed by atoms with van der Waals surface area (Å²) in [6.45, 7) is 0.487. The molecule has 1 N–H and O–H groups in total. The van der Waals surface area contributed by atoms with Crippen LogP contribution in [0.15, 0.2) is 30.5 Å². The van der Waals surface area contributed by atoms with Crippen LogP contribution in [0.2, 0.25) is 0 Å². The predicted molar refractivity (Wildman–Crippen MR) is 102 cm³/mol. The number of nitrogens with zero attached hydrogens (tertiary/aromatic N) is 2. The molecule has 0 aliphatic heterocycles. The second kappa shape index (κ2) is 9.23. The lowest BCUT2D eigenvalue weighted by Crippen LogP contribution is -2.23. The number of alkyl halides is 3. The molecule has 0 aromatic carbocycles. The van der Waals surface area contributed by atoms with Gasteiger partial charge in [0.05, 0.1) is 0 Å². The highest BCUT2D eigenvalue weighted by molar-refractivity contribution is 5.94. The molecule has 1 fully saturated rings. The first-order valence-electron chi connectivity index (χ1n) is 9.60. The van der Waals surface area contributed by atoms with Gasteiger partial charge in [0.1, 0.15) is 5.78 Å². The molecule has 1 aliphatic rings. The zero-order valence-electron chi connectivity index (χ0n) is 16.5. The minimum absolute atomic E-state index is 0.126. The minimum atomic E-state index is -4.43. The molecule has 2 heterocycles. The number of ketones is 1. The zero-order chi connectivity index (χ0) is 21.7. The standard InChI is InChI=1S/C21H22F3N3O3/c1-13-6-16(8-17(27-13)9-18(28)7-14-2-3-14)20(29)26-11-15-4-5-19(25-10-15)30-12-21(22,23)24/h4-6,8,10,14H,2-3,7,9,11-12H2,1H3,(H,26,29). The molecule has 1 saturated carbocycles. The monoisotopic (exact) mass is 421 g/mol. The van der Waals surface area contributed by atoms with E-state index in [0.29, 0.717) is 34.9 Å². The van der Waals surface area contributed by atoms with Crippen molar-refractivity contribution in [1.82, 2.24) is 15.3 Å². The van der Waals surface area contributed by atoms with Gasteiger partial charge in [-0.05, 0) is 43.4 Å². The molecule has 1 aliphatic carbocycles. The molecular weight excluding hydrogens is 399 g/mol. The van der Waals surface area contributed by atoms with Gasteiger partial charge in [0.25, 0.3) is 5.91 Å². The van der Waals surface area contributed by atoms with Crippen LogP contribution >= 0.6 is 0 Å². The average Bonchev–Trinajstić information content (AvgIpc) is 3.48. The summed E-state index contributed by atoms with van der Waals surface area (Å²) in [6, 6.07) is 6.09. The van der Waals surface area contributed by atoms with Gasteiger partial charge in [-0.1, -0.05) is 6.07 Å². The fraction of sp³-hybridized carbons (Fsp3) is 0.429. The summed E-state index contributed by atoms with van der Waals surface area (Å²) in [6.07, 6.45) is -0.116. The van der Waals surface area contributed by atoms with E-state index in [9.17, 15) is 22.8 Å². The third-order valence-electron chi connectivity index (χ3n) is 4.49. The molecule has 0 unspecified atom stereocenters. The highest BCUT2D eigenvalue weighted by Gasteiger charge is 2.28. The normalized spacial score (nSPS) is 13.7. The van der Waals surface area contributed by atoms with Crippen LogP contribution in [-0.4, -0.2) is 34.4 Å². The molecule has 3 rings (SSSR count). The van der Waals surface area contributed by atoms with Gasteiger partial charge >= 0.3 is 6.18 Å². The van der Waals surface area contributed by atoms with Crippen molar-refractivity contribution in [3.8, 4) is 5.88 Å². The number of rotatable bonds is 9. The van der Waals surface area contributed by atoms with Crippen LogP contribution in [-0.2, 0) is 17.8 Å². The van der Waals surface area contributed by atoms with Gasteiger partial charge in [0, 0.05) is 48.6 Å². The van der Waals surface area contributed by atoms with Crippen molar-refractivity contribution in [2.45, 2.75) is 45.3 Å². The van der Waals surface area contributed by atoms with Crippen LogP contribution in [0.25, 0.3) is 0 Å². The molecule has 0 bridgehead atoms. The molecule has 0 spiro atoms. The molecule has 9 heteroatoms. The van der Waals surface area contributed by atoms with E-state index in [0.717, 1.165) is 12.8 Å². The summed E-state index contributed by atoms with van der Waals surface area (Å²) in [7, 11) is 0. The van der Waals surface area contributed by atoms with E-state index in [4.69, 9.17) is 0 Å². The van der Waals surface area contributed by atoms with Crippen molar-refractivity contribution in [2.24, 2.45) is 5.92 Å². The highest BCUT2D eigenvalue weighted by Crippen LogP contribution is 2.32. The smallest absolute Gasteiger partial charge is 0.422 e. The van der Waals surface area contributed by atoms with Gasteiger partial charge < -0.3 is 10.1 Å². The first-order chi connectivity index (χ1) is 14.2. The van der Waals surface area contributed by atoms with Crippen molar-refractivity contribution < 1.29 is 27.5 Å². The third kappa shape index (κ3) is 7.13. The number of Topliss-reactive ketones (excluding diaryl/α,β-unsaturated/α-hetero) is 1. The number of hydrogen-bond donors (Lipinski definition) is 1. The number of halogens is 3. The maximum Gasteiger partial charge on any atom is 0.422 e. The first-order valence-corrected chi connectivity index (χ1v) is 9.60. The third-order valence-corrected chi connectivity index (χ3v) is 4.49. The lowest BCUT2D eigenvalue weighted by Gasteiger charge is -2.10. The summed E-state index contributed by atoms with van der Waals surface area (Å²) in [5.74, 6) is 0.145. The van der Waals surface area contributed by atoms with Gasteiger partial charge in [0.15, 0.2) is 6.61 Å². The van der Waals surface area contributed by atoms with E-state index in [1.807, 2.05) is 0 Å². The Morgan fingerprint density at radius 1 is 1.23 bits per heavy atom. The van der Waals surface area contributed by atoms with Crippen LogP contribution in [0.5, 0.6) is 5.88 Å².